The number of nitrogens with one attached hydrogen (secondary N) is 2. The summed E-state index contributed by atoms with van der Waals surface area (Å²) in [5, 5.41) is 6.35. The molecular formula is C27H28N4O4. The van der Waals surface area contributed by atoms with Crippen LogP contribution >= 0.6 is 0 Å². The van der Waals surface area contributed by atoms with Crippen LogP contribution in [-0.2, 0) is 9.59 Å². The molecule has 1 aliphatic heterocycles. The SMILES string of the molecule is COc1cc2c(cc1OC)/C(=C(/Nc1ccc(N(C)C(=O)CCN)cc1)c1ccccc1)C(=O)N2. The number of rotatable bonds is 8. The molecule has 4 N–H and O–H groups in total. The third-order valence-electron chi connectivity index (χ3n) is 5.84. The first-order chi connectivity index (χ1) is 17.0. The fraction of sp³-hybridized carbons (Fsp3) is 0.185. The summed E-state index contributed by atoms with van der Waals surface area (Å²) in [6.45, 7) is 0.303. The summed E-state index contributed by atoms with van der Waals surface area (Å²) in [7, 11) is 4.84. The topological polar surface area (TPSA) is 106 Å². The second kappa shape index (κ2) is 10.3. The fourth-order valence-electron chi connectivity index (χ4n) is 3.98. The van der Waals surface area contributed by atoms with Crippen molar-refractivity contribution in [3.8, 4) is 11.5 Å². The van der Waals surface area contributed by atoms with Crippen LogP contribution in [0.2, 0.25) is 0 Å². The van der Waals surface area contributed by atoms with Crippen molar-refractivity contribution in [1.29, 1.82) is 0 Å². The molecule has 0 radical (unpaired) electrons. The van der Waals surface area contributed by atoms with Crippen LogP contribution in [0.15, 0.2) is 66.7 Å². The van der Waals surface area contributed by atoms with Gasteiger partial charge in [-0.2, -0.15) is 0 Å². The molecule has 0 spiro atoms. The number of benzene rings is 3. The number of fused-ring (bicyclic) bond motifs is 1. The molecule has 0 unspecified atom stereocenters. The lowest BCUT2D eigenvalue weighted by Crippen LogP contribution is -2.27. The molecule has 0 bridgehead atoms. The summed E-state index contributed by atoms with van der Waals surface area (Å²) in [6.07, 6.45) is 0.281. The predicted octanol–water partition coefficient (Wildman–Crippen LogP) is 3.95. The van der Waals surface area contributed by atoms with Gasteiger partial charge in [-0.25, -0.2) is 0 Å². The van der Waals surface area contributed by atoms with E-state index in [1.807, 2.05) is 54.6 Å². The average molecular weight is 473 g/mol. The molecule has 1 aliphatic rings. The number of anilines is 3. The summed E-state index contributed by atoms with van der Waals surface area (Å²) >= 11 is 0. The van der Waals surface area contributed by atoms with Crippen LogP contribution in [0, 0.1) is 0 Å². The maximum absolute atomic E-state index is 13.2. The first-order valence-electron chi connectivity index (χ1n) is 11.2. The lowest BCUT2D eigenvalue weighted by atomic mass is 9.99. The Morgan fingerprint density at radius 2 is 1.66 bits per heavy atom. The molecule has 3 aromatic rings. The van der Waals surface area contributed by atoms with E-state index in [9.17, 15) is 9.59 Å². The number of amides is 2. The third-order valence-corrected chi connectivity index (χ3v) is 5.84. The molecule has 0 aliphatic carbocycles. The molecule has 0 fully saturated rings. The van der Waals surface area contributed by atoms with Crippen molar-refractivity contribution >= 4 is 40.1 Å². The van der Waals surface area contributed by atoms with E-state index in [0.717, 1.165) is 16.9 Å². The van der Waals surface area contributed by atoms with Gasteiger partial charge in [-0.1, -0.05) is 30.3 Å². The van der Waals surface area contributed by atoms with Gasteiger partial charge in [0.25, 0.3) is 5.91 Å². The van der Waals surface area contributed by atoms with E-state index in [1.165, 1.54) is 0 Å². The van der Waals surface area contributed by atoms with E-state index in [1.54, 1.807) is 38.3 Å². The molecule has 0 saturated carbocycles. The van der Waals surface area contributed by atoms with Crippen molar-refractivity contribution < 1.29 is 19.1 Å². The quantitative estimate of drug-likeness (QED) is 0.429. The summed E-state index contributed by atoms with van der Waals surface area (Å²) in [5.74, 6) is 0.780. The van der Waals surface area contributed by atoms with Crippen molar-refractivity contribution in [3.05, 3.63) is 77.9 Å². The van der Waals surface area contributed by atoms with Gasteiger partial charge in [-0.15, -0.1) is 0 Å². The number of nitrogens with zero attached hydrogens (tertiary/aromatic N) is 1. The largest absolute Gasteiger partial charge is 0.493 e. The number of carbonyl (C=O) groups is 2. The third kappa shape index (κ3) is 4.83. The molecule has 4 rings (SSSR count). The van der Waals surface area contributed by atoms with Gasteiger partial charge in [0, 0.05) is 43.0 Å². The van der Waals surface area contributed by atoms with Crippen molar-refractivity contribution in [3.63, 3.8) is 0 Å². The van der Waals surface area contributed by atoms with E-state index < -0.39 is 0 Å². The maximum atomic E-state index is 13.2. The van der Waals surface area contributed by atoms with Gasteiger partial charge in [-0.05, 0) is 35.9 Å². The average Bonchev–Trinajstić information content (AvgIpc) is 3.21. The molecule has 1 heterocycles. The van der Waals surface area contributed by atoms with Gasteiger partial charge in [0.15, 0.2) is 11.5 Å². The zero-order valence-corrected chi connectivity index (χ0v) is 19.9. The fourth-order valence-corrected chi connectivity index (χ4v) is 3.98. The molecule has 180 valence electrons. The van der Waals surface area contributed by atoms with E-state index in [0.29, 0.717) is 40.6 Å². The minimum Gasteiger partial charge on any atom is -0.493 e. The molecule has 2 amide bonds. The number of ether oxygens (including phenoxy) is 2. The lowest BCUT2D eigenvalue weighted by Gasteiger charge is -2.19. The zero-order chi connectivity index (χ0) is 24.9. The Kier molecular flexibility index (Phi) is 7.03. The Hall–Kier alpha value is -4.30. The van der Waals surface area contributed by atoms with Crippen LogP contribution in [0.5, 0.6) is 11.5 Å². The van der Waals surface area contributed by atoms with Gasteiger partial charge < -0.3 is 30.7 Å². The van der Waals surface area contributed by atoms with Gasteiger partial charge >= 0.3 is 0 Å². The van der Waals surface area contributed by atoms with Crippen molar-refractivity contribution in [2.24, 2.45) is 5.73 Å². The van der Waals surface area contributed by atoms with Crippen molar-refractivity contribution in [1.82, 2.24) is 0 Å². The highest BCUT2D eigenvalue weighted by Gasteiger charge is 2.30. The van der Waals surface area contributed by atoms with Crippen LogP contribution < -0.4 is 30.7 Å². The number of methoxy groups -OCH3 is 2. The minimum atomic E-state index is -0.231. The minimum absolute atomic E-state index is 0.0519. The van der Waals surface area contributed by atoms with Crippen molar-refractivity contribution in [2.75, 3.05) is 43.3 Å². The molecular weight excluding hydrogens is 444 g/mol. The van der Waals surface area contributed by atoms with Gasteiger partial charge in [0.1, 0.15) is 0 Å². The normalized spacial score (nSPS) is 13.5. The Morgan fingerprint density at radius 1 is 1.00 bits per heavy atom. The highest BCUT2D eigenvalue weighted by molar-refractivity contribution is 6.37. The Morgan fingerprint density at radius 3 is 2.29 bits per heavy atom. The summed E-state index contributed by atoms with van der Waals surface area (Å²) in [4.78, 5) is 26.9. The highest BCUT2D eigenvalue weighted by atomic mass is 16.5. The van der Waals surface area contributed by atoms with Gasteiger partial charge in [-0.3, -0.25) is 9.59 Å². The second-order valence-corrected chi connectivity index (χ2v) is 7.99. The van der Waals surface area contributed by atoms with Crippen molar-refractivity contribution in [2.45, 2.75) is 6.42 Å². The van der Waals surface area contributed by atoms with Gasteiger partial charge in [0.05, 0.1) is 31.2 Å². The maximum Gasteiger partial charge on any atom is 0.258 e. The monoisotopic (exact) mass is 472 g/mol. The predicted molar refractivity (Wildman–Crippen MR) is 139 cm³/mol. The first-order valence-corrected chi connectivity index (χ1v) is 11.2. The molecule has 8 nitrogen and oxygen atoms in total. The molecule has 35 heavy (non-hydrogen) atoms. The van der Waals surface area contributed by atoms with E-state index in [2.05, 4.69) is 10.6 Å². The number of hydrogen-bond acceptors (Lipinski definition) is 6. The standard InChI is InChI=1S/C27H28N4O4/c1-31(24(32)13-14-28)19-11-9-18(10-12-19)29-26(17-7-5-4-6-8-17)25-20-15-22(34-2)23(35-3)16-21(20)30-27(25)33/h4-12,15-16,29H,13-14,28H2,1-3H3,(H,30,33)/b26-25-. The van der Waals surface area contributed by atoms with Crippen LogP contribution in [0.25, 0.3) is 11.3 Å². The van der Waals surface area contributed by atoms with Gasteiger partial charge in [0.2, 0.25) is 5.91 Å². The van der Waals surface area contributed by atoms with Crippen LogP contribution in [0.3, 0.4) is 0 Å². The molecule has 0 aromatic heterocycles. The van der Waals surface area contributed by atoms with Crippen LogP contribution in [0.4, 0.5) is 17.1 Å². The lowest BCUT2D eigenvalue weighted by molar-refractivity contribution is -0.118. The molecule has 3 aromatic carbocycles. The Bertz CT molecular complexity index is 1270. The molecule has 0 saturated heterocycles. The number of nitrogens with two attached hydrogens (primary N) is 1. The summed E-state index contributed by atoms with van der Waals surface area (Å²) in [6, 6.07) is 20.6. The molecule has 8 heteroatoms. The second-order valence-electron chi connectivity index (χ2n) is 7.99. The Labute approximate surface area is 204 Å². The van der Waals surface area contributed by atoms with Crippen LogP contribution in [-0.4, -0.2) is 39.6 Å². The number of hydrogen-bond donors (Lipinski definition) is 3. The Balaban J connectivity index is 1.77. The highest BCUT2D eigenvalue weighted by Crippen LogP contribution is 2.43. The van der Waals surface area contributed by atoms with Crippen LogP contribution in [0.1, 0.15) is 17.5 Å². The summed E-state index contributed by atoms with van der Waals surface area (Å²) in [5.41, 5.74) is 10.4. The van der Waals surface area contributed by atoms with E-state index >= 15 is 0 Å². The first kappa shape index (κ1) is 23.8. The summed E-state index contributed by atoms with van der Waals surface area (Å²) < 4.78 is 10.9. The number of carbonyl (C=O) groups excluding carboxylic acids is 2. The van der Waals surface area contributed by atoms with E-state index in [4.69, 9.17) is 15.2 Å². The molecule has 0 atom stereocenters. The smallest absolute Gasteiger partial charge is 0.258 e. The van der Waals surface area contributed by atoms with E-state index in [-0.39, 0.29) is 18.2 Å². The zero-order valence-electron chi connectivity index (χ0n) is 19.9.